The largest absolute Gasteiger partial charge is 0.457 e. The smallest absolute Gasteiger partial charge is 0.419 e. The Labute approximate surface area is 179 Å². The monoisotopic (exact) mass is 446 g/mol. The number of fused-ring (bicyclic) bond motifs is 1. The molecule has 31 heavy (non-hydrogen) atoms. The molecule has 1 fully saturated rings. The lowest BCUT2D eigenvalue weighted by Crippen LogP contribution is -2.44. The number of ether oxygens (including phenoxy) is 1. The van der Waals surface area contributed by atoms with Gasteiger partial charge >= 0.3 is 12.1 Å². The molecule has 0 atom stereocenters. The Hall–Kier alpha value is -3.52. The van der Waals surface area contributed by atoms with Crippen LogP contribution < -0.4 is 9.80 Å². The molecule has 3 heterocycles. The number of anilines is 2. The molecule has 0 unspecified atom stereocenters. The third-order valence-electron chi connectivity index (χ3n) is 5.14. The minimum atomic E-state index is -4.83. The zero-order valence-electron chi connectivity index (χ0n) is 16.1. The molecule has 2 aliphatic heterocycles. The van der Waals surface area contributed by atoms with Gasteiger partial charge in [-0.25, -0.2) is 9.78 Å². The number of halogens is 3. The average molecular weight is 446 g/mol. The molecule has 0 aliphatic carbocycles. The first-order chi connectivity index (χ1) is 14.5. The van der Waals surface area contributed by atoms with Gasteiger partial charge in [-0.3, -0.25) is 9.69 Å². The number of hydrogen-bond donors (Lipinski definition) is 0. The van der Waals surface area contributed by atoms with Crippen LogP contribution in [0, 0.1) is 11.3 Å². The number of alkyl halides is 3. The number of pyridine rings is 1. The van der Waals surface area contributed by atoms with Crippen LogP contribution in [0.2, 0.25) is 0 Å². The van der Waals surface area contributed by atoms with Crippen molar-refractivity contribution in [1.82, 2.24) is 4.98 Å². The first-order valence-electron chi connectivity index (χ1n) is 8.93. The van der Waals surface area contributed by atoms with Gasteiger partial charge in [0.25, 0.3) is 5.91 Å². The number of thiocarbonyl (C=S) groups is 1. The number of carbonyl (C=O) groups excluding carboxylic acids is 2. The standard InChI is InChI=1S/C20H13F3N4O3S/c1-19(2)17(29)26(12-6-14(20(21,22)23)15(7-24)25-8-12)18(31)27(19)11-3-4-13-10(5-11)9-30-16(13)28/h3-6,8H,9H2,1-2H3. The molecule has 0 spiro atoms. The Kier molecular flexibility index (Phi) is 4.51. The van der Waals surface area contributed by atoms with Crippen LogP contribution in [0.5, 0.6) is 0 Å². The van der Waals surface area contributed by atoms with E-state index in [1.165, 1.54) is 11.0 Å². The van der Waals surface area contributed by atoms with Crippen molar-refractivity contribution in [3.8, 4) is 6.07 Å². The molecule has 4 rings (SSSR count). The first kappa shape index (κ1) is 20.7. The van der Waals surface area contributed by atoms with Crippen molar-refractivity contribution in [2.75, 3.05) is 9.80 Å². The fourth-order valence-electron chi connectivity index (χ4n) is 3.60. The number of nitriles is 1. The van der Waals surface area contributed by atoms with Crippen LogP contribution in [0.25, 0.3) is 0 Å². The highest BCUT2D eigenvalue weighted by Gasteiger charge is 2.51. The van der Waals surface area contributed by atoms with Crippen LogP contribution in [-0.4, -0.2) is 27.5 Å². The van der Waals surface area contributed by atoms with Gasteiger partial charge in [0.05, 0.1) is 23.0 Å². The fourth-order valence-corrected chi connectivity index (χ4v) is 4.12. The Morgan fingerprint density at radius 3 is 2.58 bits per heavy atom. The van der Waals surface area contributed by atoms with Crippen molar-refractivity contribution in [1.29, 1.82) is 5.26 Å². The summed E-state index contributed by atoms with van der Waals surface area (Å²) < 4.78 is 45.1. The second-order valence-electron chi connectivity index (χ2n) is 7.43. The van der Waals surface area contributed by atoms with Gasteiger partial charge in [0, 0.05) is 11.3 Å². The molecular formula is C20H13F3N4O3S. The molecule has 0 saturated carbocycles. The summed E-state index contributed by atoms with van der Waals surface area (Å²) in [4.78, 5) is 30.9. The number of cyclic esters (lactones) is 1. The predicted molar refractivity (Wildman–Crippen MR) is 106 cm³/mol. The van der Waals surface area contributed by atoms with Gasteiger partial charge in [0.1, 0.15) is 18.2 Å². The zero-order chi connectivity index (χ0) is 22.7. The number of nitrogens with zero attached hydrogens (tertiary/aromatic N) is 4. The number of amides is 1. The Bertz CT molecular complexity index is 1200. The zero-order valence-corrected chi connectivity index (χ0v) is 17.0. The van der Waals surface area contributed by atoms with Crippen LogP contribution >= 0.6 is 12.2 Å². The Balaban J connectivity index is 1.79. The molecule has 0 N–H and O–H groups in total. The topological polar surface area (TPSA) is 86.5 Å². The van der Waals surface area contributed by atoms with E-state index in [9.17, 15) is 22.8 Å². The summed E-state index contributed by atoms with van der Waals surface area (Å²) in [6, 6.07) is 6.89. The lowest BCUT2D eigenvalue weighted by atomic mass is 10.0. The molecule has 0 radical (unpaired) electrons. The number of esters is 1. The van der Waals surface area contributed by atoms with Gasteiger partial charge in [-0.05, 0) is 50.3 Å². The van der Waals surface area contributed by atoms with E-state index in [4.69, 9.17) is 22.2 Å². The highest BCUT2D eigenvalue weighted by atomic mass is 32.1. The minimum Gasteiger partial charge on any atom is -0.457 e. The van der Waals surface area contributed by atoms with E-state index in [2.05, 4.69) is 4.98 Å². The van der Waals surface area contributed by atoms with Gasteiger partial charge in [-0.1, -0.05) is 0 Å². The normalized spacial score (nSPS) is 17.6. The van der Waals surface area contributed by atoms with E-state index < -0.39 is 34.8 Å². The highest BCUT2D eigenvalue weighted by Crippen LogP contribution is 2.39. The van der Waals surface area contributed by atoms with Gasteiger partial charge in [-0.2, -0.15) is 18.4 Å². The molecule has 1 aromatic heterocycles. The lowest BCUT2D eigenvalue weighted by Gasteiger charge is -2.29. The summed E-state index contributed by atoms with van der Waals surface area (Å²) >= 11 is 5.46. The fraction of sp³-hybridized carbons (Fsp3) is 0.250. The second-order valence-corrected chi connectivity index (χ2v) is 7.80. The predicted octanol–water partition coefficient (Wildman–Crippen LogP) is 3.56. The molecule has 1 amide bonds. The number of benzene rings is 1. The average Bonchev–Trinajstić information content (AvgIpc) is 3.15. The molecule has 11 heteroatoms. The summed E-state index contributed by atoms with van der Waals surface area (Å²) in [5.74, 6) is -1.02. The summed E-state index contributed by atoms with van der Waals surface area (Å²) in [7, 11) is 0. The quantitative estimate of drug-likeness (QED) is 0.515. The Morgan fingerprint density at radius 2 is 1.94 bits per heavy atom. The number of rotatable bonds is 2. The van der Waals surface area contributed by atoms with E-state index in [-0.39, 0.29) is 17.4 Å². The summed E-state index contributed by atoms with van der Waals surface area (Å²) in [6.07, 6.45) is -3.83. The van der Waals surface area contributed by atoms with Gasteiger partial charge < -0.3 is 9.64 Å². The maximum atomic E-state index is 13.4. The van der Waals surface area contributed by atoms with Crippen molar-refractivity contribution in [2.45, 2.75) is 32.2 Å². The van der Waals surface area contributed by atoms with E-state index in [1.807, 2.05) is 0 Å². The van der Waals surface area contributed by atoms with E-state index in [0.717, 1.165) is 11.1 Å². The molecule has 2 aliphatic rings. The van der Waals surface area contributed by atoms with E-state index in [0.29, 0.717) is 22.9 Å². The van der Waals surface area contributed by atoms with Crippen LogP contribution in [0.3, 0.4) is 0 Å². The molecule has 7 nitrogen and oxygen atoms in total. The van der Waals surface area contributed by atoms with Crippen molar-refractivity contribution in [3.05, 3.63) is 52.8 Å². The number of hydrogen-bond acceptors (Lipinski definition) is 6. The van der Waals surface area contributed by atoms with Crippen LogP contribution in [0.15, 0.2) is 30.5 Å². The first-order valence-corrected chi connectivity index (χ1v) is 9.34. The summed E-state index contributed by atoms with van der Waals surface area (Å²) in [6.45, 7) is 3.24. The molecule has 0 bridgehead atoms. The highest BCUT2D eigenvalue weighted by molar-refractivity contribution is 7.81. The van der Waals surface area contributed by atoms with Gasteiger partial charge in [0.2, 0.25) is 0 Å². The third kappa shape index (κ3) is 3.11. The molecule has 158 valence electrons. The molecule has 1 saturated heterocycles. The van der Waals surface area contributed by atoms with Crippen LogP contribution in [-0.2, 0) is 22.3 Å². The second kappa shape index (κ2) is 6.75. The van der Waals surface area contributed by atoms with E-state index >= 15 is 0 Å². The van der Waals surface area contributed by atoms with Crippen LogP contribution in [0.4, 0.5) is 24.5 Å². The van der Waals surface area contributed by atoms with E-state index in [1.54, 1.807) is 32.0 Å². The van der Waals surface area contributed by atoms with Crippen molar-refractivity contribution < 1.29 is 27.5 Å². The van der Waals surface area contributed by atoms with Crippen molar-refractivity contribution in [3.63, 3.8) is 0 Å². The summed E-state index contributed by atoms with van der Waals surface area (Å²) in [5, 5.41) is 8.89. The minimum absolute atomic E-state index is 0.0557. The van der Waals surface area contributed by atoms with Crippen LogP contribution in [0.1, 0.15) is 41.0 Å². The molecular weight excluding hydrogens is 433 g/mol. The van der Waals surface area contributed by atoms with Gasteiger partial charge in [-0.15, -0.1) is 0 Å². The third-order valence-corrected chi connectivity index (χ3v) is 5.50. The number of aromatic nitrogens is 1. The molecule has 2 aromatic rings. The van der Waals surface area contributed by atoms with Crippen molar-refractivity contribution in [2.24, 2.45) is 0 Å². The SMILES string of the molecule is CC1(C)C(=O)N(c2cnc(C#N)c(C(F)(F)F)c2)C(=S)N1c1ccc2c(c1)COC2=O. The summed E-state index contributed by atoms with van der Waals surface area (Å²) in [5.41, 5.74) is -1.98. The Morgan fingerprint density at radius 1 is 1.23 bits per heavy atom. The maximum Gasteiger partial charge on any atom is 0.419 e. The molecule has 1 aromatic carbocycles. The maximum absolute atomic E-state index is 13.4. The number of carbonyl (C=O) groups is 2. The van der Waals surface area contributed by atoms with Gasteiger partial charge in [0.15, 0.2) is 10.8 Å². The van der Waals surface area contributed by atoms with Crippen molar-refractivity contribution >= 4 is 40.6 Å². The lowest BCUT2D eigenvalue weighted by molar-refractivity contribution is -0.138.